The SMILES string of the molecule is COc1ccc(N=Nc2c(C)c(C#N)c(O)n(C3CCCC3)c2=O)cc1. The van der Waals surface area contributed by atoms with Crippen LogP contribution < -0.4 is 10.3 Å². The lowest BCUT2D eigenvalue weighted by Gasteiger charge is -2.18. The average molecular weight is 352 g/mol. The minimum Gasteiger partial charge on any atom is -0.497 e. The number of methoxy groups -OCH3 is 1. The predicted octanol–water partition coefficient (Wildman–Crippen LogP) is 4.27. The highest BCUT2D eigenvalue weighted by Gasteiger charge is 2.26. The lowest BCUT2D eigenvalue weighted by molar-refractivity contribution is 0.368. The van der Waals surface area contributed by atoms with Gasteiger partial charge in [-0.25, -0.2) is 0 Å². The van der Waals surface area contributed by atoms with Crippen LogP contribution in [0.3, 0.4) is 0 Å². The van der Waals surface area contributed by atoms with Gasteiger partial charge in [-0.2, -0.15) is 10.4 Å². The second-order valence-corrected chi connectivity index (χ2v) is 6.30. The summed E-state index contributed by atoms with van der Waals surface area (Å²) in [5, 5.41) is 28.1. The Bertz CT molecular complexity index is 933. The van der Waals surface area contributed by atoms with Gasteiger partial charge in [0.1, 0.15) is 17.4 Å². The molecule has 7 nitrogen and oxygen atoms in total. The second-order valence-electron chi connectivity index (χ2n) is 6.30. The molecule has 0 spiro atoms. The Morgan fingerprint density at radius 2 is 1.88 bits per heavy atom. The third-order valence-electron chi connectivity index (χ3n) is 4.74. The summed E-state index contributed by atoms with van der Waals surface area (Å²) in [6.45, 7) is 1.60. The van der Waals surface area contributed by atoms with Gasteiger partial charge in [0.05, 0.1) is 12.8 Å². The summed E-state index contributed by atoms with van der Waals surface area (Å²) in [5.74, 6) is 0.422. The number of aromatic nitrogens is 1. The molecular formula is C19H20N4O3. The van der Waals surface area contributed by atoms with Gasteiger partial charge in [0.15, 0.2) is 5.69 Å². The highest BCUT2D eigenvalue weighted by molar-refractivity contribution is 5.57. The summed E-state index contributed by atoms with van der Waals surface area (Å²) in [6.07, 6.45) is 3.59. The molecule has 1 saturated carbocycles. The van der Waals surface area contributed by atoms with E-state index >= 15 is 0 Å². The zero-order valence-corrected chi connectivity index (χ0v) is 14.8. The molecule has 1 N–H and O–H groups in total. The van der Waals surface area contributed by atoms with Gasteiger partial charge < -0.3 is 9.84 Å². The number of azo groups is 1. The van der Waals surface area contributed by atoms with Crippen LogP contribution in [0, 0.1) is 18.3 Å². The molecule has 0 amide bonds. The molecule has 1 aliphatic rings. The maximum Gasteiger partial charge on any atom is 0.281 e. The van der Waals surface area contributed by atoms with Crippen LogP contribution in [-0.2, 0) is 0 Å². The van der Waals surface area contributed by atoms with Gasteiger partial charge in [-0.15, -0.1) is 5.11 Å². The van der Waals surface area contributed by atoms with Crippen molar-refractivity contribution in [2.24, 2.45) is 10.2 Å². The van der Waals surface area contributed by atoms with Gasteiger partial charge >= 0.3 is 0 Å². The summed E-state index contributed by atoms with van der Waals surface area (Å²) in [6, 6.07) is 8.81. The van der Waals surface area contributed by atoms with Crippen molar-refractivity contribution in [3.8, 4) is 17.7 Å². The molecule has 1 aliphatic carbocycles. The van der Waals surface area contributed by atoms with E-state index in [0.29, 0.717) is 17.0 Å². The fourth-order valence-corrected chi connectivity index (χ4v) is 3.29. The van der Waals surface area contributed by atoms with Crippen molar-refractivity contribution in [2.45, 2.75) is 38.6 Å². The summed E-state index contributed by atoms with van der Waals surface area (Å²) in [4.78, 5) is 12.9. The minimum atomic E-state index is -0.414. The standard InChI is InChI=1S/C19H20N4O3/c1-12-16(11-20)18(24)23(14-5-3-4-6-14)19(25)17(12)22-21-13-7-9-15(26-2)10-8-13/h7-10,14,24H,3-6H2,1-2H3. The van der Waals surface area contributed by atoms with E-state index < -0.39 is 5.56 Å². The molecule has 1 fully saturated rings. The minimum absolute atomic E-state index is 0.0696. The molecule has 26 heavy (non-hydrogen) atoms. The van der Waals surface area contributed by atoms with Crippen LogP contribution in [0.1, 0.15) is 42.9 Å². The van der Waals surface area contributed by atoms with E-state index in [1.54, 1.807) is 38.3 Å². The average Bonchev–Trinajstić information content (AvgIpc) is 3.16. The molecule has 0 aliphatic heterocycles. The number of ether oxygens (including phenoxy) is 1. The normalized spacial score (nSPS) is 14.7. The number of benzene rings is 1. The first kappa shape index (κ1) is 17.7. The van der Waals surface area contributed by atoms with Crippen molar-refractivity contribution in [3.05, 3.63) is 45.7 Å². The molecule has 1 aromatic heterocycles. The summed E-state index contributed by atoms with van der Waals surface area (Å²) >= 11 is 0. The molecule has 0 saturated heterocycles. The molecule has 1 aromatic carbocycles. The molecule has 0 atom stereocenters. The predicted molar refractivity (Wildman–Crippen MR) is 96.5 cm³/mol. The fraction of sp³-hybridized carbons (Fsp3) is 0.368. The van der Waals surface area contributed by atoms with Gasteiger partial charge in [-0.1, -0.05) is 12.8 Å². The summed E-state index contributed by atoms with van der Waals surface area (Å²) in [5.41, 5.74) is 0.635. The monoisotopic (exact) mass is 352 g/mol. The zero-order chi connectivity index (χ0) is 18.7. The van der Waals surface area contributed by atoms with Gasteiger partial charge in [0, 0.05) is 11.6 Å². The smallest absolute Gasteiger partial charge is 0.281 e. The van der Waals surface area contributed by atoms with Crippen LogP contribution in [0.2, 0.25) is 0 Å². The zero-order valence-electron chi connectivity index (χ0n) is 14.8. The van der Waals surface area contributed by atoms with E-state index in [1.807, 2.05) is 6.07 Å². The van der Waals surface area contributed by atoms with E-state index in [4.69, 9.17) is 4.74 Å². The number of hydrogen-bond acceptors (Lipinski definition) is 6. The Balaban J connectivity index is 2.08. The van der Waals surface area contributed by atoms with Crippen LogP contribution in [0.25, 0.3) is 0 Å². The van der Waals surface area contributed by atoms with E-state index in [0.717, 1.165) is 25.7 Å². The number of pyridine rings is 1. The molecule has 0 radical (unpaired) electrons. The Morgan fingerprint density at radius 1 is 1.23 bits per heavy atom. The lowest BCUT2D eigenvalue weighted by Crippen LogP contribution is -2.24. The van der Waals surface area contributed by atoms with Gasteiger partial charge in [0.2, 0.25) is 5.88 Å². The first-order valence-corrected chi connectivity index (χ1v) is 8.50. The topological polar surface area (TPSA) is 100.0 Å². The van der Waals surface area contributed by atoms with E-state index in [1.165, 1.54) is 4.57 Å². The quantitative estimate of drug-likeness (QED) is 0.830. The van der Waals surface area contributed by atoms with Crippen LogP contribution in [0.4, 0.5) is 11.4 Å². The molecule has 2 aromatic rings. The second kappa shape index (κ2) is 7.40. The Morgan fingerprint density at radius 3 is 2.46 bits per heavy atom. The van der Waals surface area contributed by atoms with Crippen molar-refractivity contribution in [1.29, 1.82) is 5.26 Å². The van der Waals surface area contributed by atoms with E-state index in [2.05, 4.69) is 10.2 Å². The Hall–Kier alpha value is -3.14. The molecule has 134 valence electrons. The fourth-order valence-electron chi connectivity index (χ4n) is 3.29. The number of rotatable bonds is 4. The Labute approximate surface area is 151 Å². The third kappa shape index (κ3) is 3.18. The van der Waals surface area contributed by atoms with Crippen molar-refractivity contribution >= 4 is 11.4 Å². The molecule has 0 unspecified atom stereocenters. The van der Waals surface area contributed by atoms with Gasteiger partial charge in [0.25, 0.3) is 5.56 Å². The van der Waals surface area contributed by atoms with Crippen molar-refractivity contribution < 1.29 is 9.84 Å². The third-order valence-corrected chi connectivity index (χ3v) is 4.74. The van der Waals surface area contributed by atoms with Crippen molar-refractivity contribution in [2.75, 3.05) is 7.11 Å². The summed E-state index contributed by atoms with van der Waals surface area (Å²) < 4.78 is 6.40. The number of nitriles is 1. The number of aromatic hydroxyl groups is 1. The maximum atomic E-state index is 12.9. The van der Waals surface area contributed by atoms with Crippen molar-refractivity contribution in [1.82, 2.24) is 4.57 Å². The summed E-state index contributed by atoms with van der Waals surface area (Å²) in [7, 11) is 1.57. The highest BCUT2D eigenvalue weighted by Crippen LogP contribution is 2.35. The maximum absolute atomic E-state index is 12.9. The molecular weight excluding hydrogens is 332 g/mol. The van der Waals surface area contributed by atoms with Crippen LogP contribution >= 0.6 is 0 Å². The van der Waals surface area contributed by atoms with Gasteiger partial charge in [-0.05, 0) is 44.0 Å². The Kier molecular flexibility index (Phi) is 5.03. The number of hydrogen-bond donors (Lipinski definition) is 1. The van der Waals surface area contributed by atoms with Gasteiger partial charge in [-0.3, -0.25) is 9.36 Å². The van der Waals surface area contributed by atoms with Crippen LogP contribution in [0.15, 0.2) is 39.3 Å². The lowest BCUT2D eigenvalue weighted by atomic mass is 10.1. The van der Waals surface area contributed by atoms with Crippen LogP contribution in [-0.4, -0.2) is 16.8 Å². The molecule has 3 rings (SSSR count). The highest BCUT2D eigenvalue weighted by atomic mass is 16.5. The molecule has 0 bridgehead atoms. The first-order valence-electron chi connectivity index (χ1n) is 8.50. The number of nitrogens with zero attached hydrogens (tertiary/aromatic N) is 4. The first-order chi connectivity index (χ1) is 12.6. The van der Waals surface area contributed by atoms with E-state index in [9.17, 15) is 15.2 Å². The molecule has 1 heterocycles. The van der Waals surface area contributed by atoms with E-state index in [-0.39, 0.29) is 23.2 Å². The largest absolute Gasteiger partial charge is 0.497 e. The van der Waals surface area contributed by atoms with Crippen molar-refractivity contribution in [3.63, 3.8) is 0 Å². The van der Waals surface area contributed by atoms with Crippen LogP contribution in [0.5, 0.6) is 11.6 Å². The molecule has 7 heteroatoms.